The van der Waals surface area contributed by atoms with Crippen LogP contribution >= 0.6 is 46.4 Å². The van der Waals surface area contributed by atoms with Crippen molar-refractivity contribution in [3.63, 3.8) is 0 Å². The topological polar surface area (TPSA) is 66.4 Å². The highest BCUT2D eigenvalue weighted by molar-refractivity contribution is 6.48. The van der Waals surface area contributed by atoms with Crippen molar-refractivity contribution >= 4 is 64.2 Å². The normalized spacial score (nSPS) is 13.2. The van der Waals surface area contributed by atoms with E-state index in [4.69, 9.17) is 46.4 Å². The van der Waals surface area contributed by atoms with Crippen molar-refractivity contribution in [1.82, 2.24) is 5.32 Å². The van der Waals surface area contributed by atoms with Crippen molar-refractivity contribution in [2.24, 2.45) is 0 Å². The minimum atomic E-state index is -4.78. The van der Waals surface area contributed by atoms with Crippen LogP contribution in [0.5, 0.6) is 5.75 Å². The van der Waals surface area contributed by atoms with Crippen molar-refractivity contribution in [3.8, 4) is 5.75 Å². The number of phenolic OH excluding ortho intramolecular Hbond substituents is 1. The van der Waals surface area contributed by atoms with Gasteiger partial charge in [-0.05, 0) is 29.8 Å². The summed E-state index contributed by atoms with van der Waals surface area (Å²) in [5.41, 5.74) is -0.752. The van der Waals surface area contributed by atoms with E-state index < -0.39 is 55.1 Å². The molecule has 196 valence electrons. The molecule has 1 unspecified atom stereocenters. The fourth-order valence-electron chi connectivity index (χ4n) is 2.94. The minimum absolute atomic E-state index is 0.116. The average Bonchev–Trinajstić information content (AvgIpc) is 2.75. The summed E-state index contributed by atoms with van der Waals surface area (Å²) >= 11 is 23.5. The van der Waals surface area contributed by atoms with E-state index in [1.807, 2.05) is 0 Å². The third-order valence-corrected chi connectivity index (χ3v) is 6.18. The molecular formula is C22H15Cl4F6NO3. The van der Waals surface area contributed by atoms with Crippen LogP contribution in [0, 0.1) is 0 Å². The molecule has 0 saturated heterocycles. The zero-order valence-electron chi connectivity index (χ0n) is 17.7. The van der Waals surface area contributed by atoms with Crippen LogP contribution in [-0.2, 0) is 4.79 Å². The van der Waals surface area contributed by atoms with Crippen molar-refractivity contribution in [2.45, 2.75) is 31.1 Å². The number of carbonyl (C=O) groups is 2. The standard InChI is InChI=1S/C22H15Cl4F6NO3/c23-14-5-10(1-2-13(22(30,31)32)11-6-15(24)20(26)16(25)7-11)18(35)8-12(14)17(34)3-4-19(36)33-9-21(27,28)29/h1-2,5-8,13,35H,3-4,9H2,(H,33,36)/b2-1+. The van der Waals surface area contributed by atoms with E-state index in [-0.39, 0.29) is 36.8 Å². The third-order valence-electron chi connectivity index (χ3n) is 4.67. The number of carbonyl (C=O) groups excluding carboxylic acids is 2. The minimum Gasteiger partial charge on any atom is -0.507 e. The number of halogens is 10. The first-order chi connectivity index (χ1) is 16.5. The lowest BCUT2D eigenvalue weighted by Crippen LogP contribution is -2.33. The Labute approximate surface area is 220 Å². The van der Waals surface area contributed by atoms with E-state index in [1.165, 1.54) is 0 Å². The molecule has 0 aliphatic rings. The molecule has 0 aliphatic heterocycles. The number of benzene rings is 2. The molecule has 0 aliphatic carbocycles. The number of alkyl halides is 6. The molecule has 2 aromatic rings. The van der Waals surface area contributed by atoms with Crippen LogP contribution < -0.4 is 5.32 Å². The molecule has 0 aromatic heterocycles. The van der Waals surface area contributed by atoms with Gasteiger partial charge in [-0.15, -0.1) is 0 Å². The molecule has 1 amide bonds. The van der Waals surface area contributed by atoms with E-state index in [2.05, 4.69) is 0 Å². The lowest BCUT2D eigenvalue weighted by atomic mass is 9.96. The number of allylic oxidation sites excluding steroid dienone is 1. The van der Waals surface area contributed by atoms with Gasteiger partial charge in [0.05, 0.1) is 26.0 Å². The summed E-state index contributed by atoms with van der Waals surface area (Å²) < 4.78 is 77.5. The van der Waals surface area contributed by atoms with Crippen molar-refractivity contribution in [3.05, 3.63) is 67.1 Å². The average molecular weight is 597 g/mol. The molecule has 0 saturated carbocycles. The first-order valence-electron chi connectivity index (χ1n) is 9.78. The van der Waals surface area contributed by atoms with Crippen LogP contribution in [0.15, 0.2) is 30.3 Å². The van der Waals surface area contributed by atoms with Crippen LogP contribution in [0.1, 0.15) is 40.2 Å². The van der Waals surface area contributed by atoms with Crippen LogP contribution in [0.4, 0.5) is 26.3 Å². The predicted molar refractivity (Wildman–Crippen MR) is 125 cm³/mol. The Balaban J connectivity index is 2.23. The Morgan fingerprint density at radius 1 is 0.917 bits per heavy atom. The van der Waals surface area contributed by atoms with Gasteiger partial charge in [0.1, 0.15) is 12.3 Å². The zero-order valence-corrected chi connectivity index (χ0v) is 20.7. The second kappa shape index (κ2) is 11.9. The van der Waals surface area contributed by atoms with Gasteiger partial charge in [-0.2, -0.15) is 26.3 Å². The maximum absolute atomic E-state index is 13.7. The number of rotatable bonds is 8. The molecule has 1 atom stereocenters. The first kappa shape index (κ1) is 30.1. The van der Waals surface area contributed by atoms with Gasteiger partial charge >= 0.3 is 12.4 Å². The Kier molecular flexibility index (Phi) is 9.98. The molecular weight excluding hydrogens is 582 g/mol. The number of hydrogen-bond donors (Lipinski definition) is 2. The fraction of sp³-hybridized carbons (Fsp3) is 0.273. The number of nitrogens with one attached hydrogen (secondary N) is 1. The molecule has 0 radical (unpaired) electrons. The maximum Gasteiger partial charge on any atom is 0.405 e. The van der Waals surface area contributed by atoms with Gasteiger partial charge in [-0.25, -0.2) is 0 Å². The third kappa shape index (κ3) is 8.47. The van der Waals surface area contributed by atoms with Crippen LogP contribution in [0.25, 0.3) is 6.08 Å². The number of Topliss-reactive ketones (excluding diaryl/α,β-unsaturated/α-hetero) is 1. The molecule has 2 N–H and O–H groups in total. The van der Waals surface area contributed by atoms with E-state index in [0.717, 1.165) is 30.3 Å². The van der Waals surface area contributed by atoms with Crippen molar-refractivity contribution in [2.75, 3.05) is 6.54 Å². The highest BCUT2D eigenvalue weighted by Gasteiger charge is 2.39. The summed E-state index contributed by atoms with van der Waals surface area (Å²) in [6.45, 7) is -1.56. The molecule has 14 heteroatoms. The maximum atomic E-state index is 13.7. The summed E-state index contributed by atoms with van der Waals surface area (Å²) in [5, 5.41) is 11.1. The predicted octanol–water partition coefficient (Wildman–Crippen LogP) is 8.01. The molecule has 0 heterocycles. The van der Waals surface area contributed by atoms with Crippen LogP contribution in [-0.4, -0.2) is 35.7 Å². The molecule has 0 bridgehead atoms. The molecule has 0 fully saturated rings. The summed E-state index contributed by atoms with van der Waals surface area (Å²) in [6, 6.07) is 3.91. The Hall–Kier alpha value is -2.14. The van der Waals surface area contributed by atoms with E-state index in [0.29, 0.717) is 6.08 Å². The summed E-state index contributed by atoms with van der Waals surface area (Å²) in [4.78, 5) is 23.8. The summed E-state index contributed by atoms with van der Waals surface area (Å²) in [5.74, 6) is -4.60. The number of phenols is 1. The fourth-order valence-corrected chi connectivity index (χ4v) is 3.83. The van der Waals surface area contributed by atoms with Crippen LogP contribution in [0.2, 0.25) is 20.1 Å². The van der Waals surface area contributed by atoms with Gasteiger partial charge in [-0.3, -0.25) is 9.59 Å². The number of aromatic hydroxyl groups is 1. The smallest absolute Gasteiger partial charge is 0.405 e. The zero-order chi connectivity index (χ0) is 27.4. The molecule has 2 aromatic carbocycles. The van der Waals surface area contributed by atoms with Gasteiger partial charge < -0.3 is 10.4 Å². The Morgan fingerprint density at radius 2 is 1.50 bits per heavy atom. The lowest BCUT2D eigenvalue weighted by Gasteiger charge is -2.18. The van der Waals surface area contributed by atoms with Gasteiger partial charge in [0, 0.05) is 24.0 Å². The molecule has 2 rings (SSSR count). The van der Waals surface area contributed by atoms with Crippen molar-refractivity contribution < 1.29 is 41.0 Å². The van der Waals surface area contributed by atoms with Gasteiger partial charge in [0.25, 0.3) is 0 Å². The van der Waals surface area contributed by atoms with Crippen LogP contribution in [0.3, 0.4) is 0 Å². The van der Waals surface area contributed by atoms with E-state index >= 15 is 0 Å². The number of amides is 1. The van der Waals surface area contributed by atoms with Gasteiger partial charge in [0.2, 0.25) is 5.91 Å². The van der Waals surface area contributed by atoms with E-state index in [1.54, 1.807) is 5.32 Å². The molecule has 36 heavy (non-hydrogen) atoms. The van der Waals surface area contributed by atoms with Gasteiger partial charge in [0.15, 0.2) is 5.78 Å². The Bertz CT molecular complexity index is 1160. The second-order valence-electron chi connectivity index (χ2n) is 7.38. The SMILES string of the molecule is O=C(CCC(=O)c1cc(O)c(/C=C/C(c2cc(Cl)c(Cl)c(Cl)c2)C(F)(F)F)cc1Cl)NCC(F)(F)F. The highest BCUT2D eigenvalue weighted by Crippen LogP contribution is 2.41. The molecule has 4 nitrogen and oxygen atoms in total. The highest BCUT2D eigenvalue weighted by atomic mass is 35.5. The Morgan fingerprint density at radius 3 is 2.03 bits per heavy atom. The first-order valence-corrected chi connectivity index (χ1v) is 11.3. The van der Waals surface area contributed by atoms with E-state index in [9.17, 15) is 41.0 Å². The summed E-state index contributed by atoms with van der Waals surface area (Å²) in [6.07, 6.45) is -8.85. The monoisotopic (exact) mass is 595 g/mol. The number of hydrogen-bond acceptors (Lipinski definition) is 3. The number of ketones is 1. The lowest BCUT2D eigenvalue weighted by molar-refractivity contribution is -0.139. The van der Waals surface area contributed by atoms with Crippen molar-refractivity contribution in [1.29, 1.82) is 0 Å². The van der Waals surface area contributed by atoms with Gasteiger partial charge in [-0.1, -0.05) is 58.6 Å². The quantitative estimate of drug-likeness (QED) is 0.184. The molecule has 0 spiro atoms. The summed E-state index contributed by atoms with van der Waals surface area (Å²) in [7, 11) is 0. The second-order valence-corrected chi connectivity index (χ2v) is 8.98. The largest absolute Gasteiger partial charge is 0.507 e.